The van der Waals surface area contributed by atoms with Gasteiger partial charge in [-0.15, -0.1) is 0 Å². The number of carbonyl (C=O) groups is 3. The molecule has 0 radical (unpaired) electrons. The molecular formula is C24H31N3O4S2. The van der Waals surface area contributed by atoms with E-state index >= 15 is 0 Å². The summed E-state index contributed by atoms with van der Waals surface area (Å²) in [4.78, 5) is 47.9. The molecule has 1 saturated heterocycles. The van der Waals surface area contributed by atoms with E-state index in [1.165, 1.54) is 16.7 Å². The molecule has 178 valence electrons. The third kappa shape index (κ3) is 5.24. The maximum Gasteiger partial charge on any atom is 0.257 e. The minimum atomic E-state index is -0.747. The normalized spacial score (nSPS) is 22.4. The molecule has 0 N–H and O–H groups in total. The fourth-order valence-electron chi connectivity index (χ4n) is 4.77. The highest BCUT2D eigenvalue weighted by Crippen LogP contribution is 2.35. The van der Waals surface area contributed by atoms with Gasteiger partial charge >= 0.3 is 0 Å². The van der Waals surface area contributed by atoms with Gasteiger partial charge in [-0.1, -0.05) is 49.7 Å². The molecule has 4 rings (SSSR count). The van der Waals surface area contributed by atoms with Crippen LogP contribution in [0.25, 0.3) is 0 Å². The molecule has 0 aromatic heterocycles. The van der Waals surface area contributed by atoms with E-state index in [0.717, 1.165) is 48.8 Å². The molecule has 2 aliphatic heterocycles. The molecule has 0 bridgehead atoms. The lowest BCUT2D eigenvalue weighted by atomic mass is 9.92. The molecule has 2 fully saturated rings. The topological polar surface area (TPSA) is 79.3 Å². The first-order chi connectivity index (χ1) is 16.0. The molecule has 9 heteroatoms. The van der Waals surface area contributed by atoms with E-state index in [2.05, 4.69) is 4.99 Å². The minimum Gasteiger partial charge on any atom is -0.497 e. The average molecular weight is 490 g/mol. The number of ether oxygens (including phenoxy) is 1. The van der Waals surface area contributed by atoms with Gasteiger partial charge in [0.05, 0.1) is 31.0 Å². The molecule has 33 heavy (non-hydrogen) atoms. The second kappa shape index (κ2) is 11.0. The summed E-state index contributed by atoms with van der Waals surface area (Å²) < 4.78 is 6.15. The Labute approximate surface area is 203 Å². The number of methoxy groups -OCH3 is 1. The Morgan fingerprint density at radius 1 is 1.24 bits per heavy atom. The lowest BCUT2D eigenvalue weighted by molar-refractivity contribution is -0.141. The monoisotopic (exact) mass is 489 g/mol. The quantitative estimate of drug-likeness (QED) is 0.537. The number of hydrogen-bond donors (Lipinski definition) is 0. The second-order valence-electron chi connectivity index (χ2n) is 8.53. The Morgan fingerprint density at radius 2 is 1.97 bits per heavy atom. The minimum absolute atomic E-state index is 0.00311. The van der Waals surface area contributed by atoms with Crippen LogP contribution in [0.3, 0.4) is 0 Å². The first-order valence-corrected chi connectivity index (χ1v) is 13.6. The van der Waals surface area contributed by atoms with Crippen LogP contribution in [0.1, 0.15) is 51.9 Å². The fourth-order valence-corrected chi connectivity index (χ4v) is 6.97. The number of thioether (sulfide) groups is 2. The number of carbonyl (C=O) groups excluding carboxylic acids is 3. The van der Waals surface area contributed by atoms with Crippen LogP contribution in [0.4, 0.5) is 5.69 Å². The third-order valence-corrected chi connectivity index (χ3v) is 9.01. The molecule has 1 aliphatic carbocycles. The van der Waals surface area contributed by atoms with E-state index in [1.807, 2.05) is 6.92 Å². The van der Waals surface area contributed by atoms with Gasteiger partial charge in [-0.25, -0.2) is 4.90 Å². The first kappa shape index (κ1) is 24.1. The summed E-state index contributed by atoms with van der Waals surface area (Å²) >= 11 is 3.20. The third-order valence-electron chi connectivity index (χ3n) is 6.46. The molecular weight excluding hydrogens is 458 g/mol. The van der Waals surface area contributed by atoms with Crippen molar-refractivity contribution in [1.82, 2.24) is 4.90 Å². The molecule has 2 atom stereocenters. The number of amides is 3. The van der Waals surface area contributed by atoms with Crippen LogP contribution < -0.4 is 9.64 Å². The number of aliphatic imine (C=N–C) groups is 1. The Balaban J connectivity index is 1.60. The molecule has 3 aliphatic rings. The van der Waals surface area contributed by atoms with E-state index in [9.17, 15) is 14.4 Å². The molecule has 1 saturated carbocycles. The van der Waals surface area contributed by atoms with Crippen LogP contribution in [0.5, 0.6) is 5.75 Å². The predicted octanol–water partition coefficient (Wildman–Crippen LogP) is 4.10. The molecule has 2 heterocycles. The highest BCUT2D eigenvalue weighted by molar-refractivity contribution is 8.39. The Kier molecular flexibility index (Phi) is 8.01. The molecule has 1 aromatic rings. The van der Waals surface area contributed by atoms with E-state index in [1.54, 1.807) is 48.0 Å². The van der Waals surface area contributed by atoms with E-state index in [-0.39, 0.29) is 35.4 Å². The number of anilines is 1. The average Bonchev–Trinajstić information content (AvgIpc) is 3.46. The van der Waals surface area contributed by atoms with Gasteiger partial charge < -0.3 is 9.64 Å². The fraction of sp³-hybridized carbons (Fsp3) is 0.583. The van der Waals surface area contributed by atoms with Gasteiger partial charge in [0.1, 0.15) is 16.2 Å². The van der Waals surface area contributed by atoms with Crippen molar-refractivity contribution in [1.29, 1.82) is 0 Å². The Bertz CT molecular complexity index is 915. The molecule has 2 unspecified atom stereocenters. The largest absolute Gasteiger partial charge is 0.497 e. The molecule has 0 spiro atoms. The summed E-state index contributed by atoms with van der Waals surface area (Å²) in [5, 5.41) is -0.297. The Hall–Kier alpha value is -2.00. The molecule has 1 aromatic carbocycles. The zero-order valence-corrected chi connectivity index (χ0v) is 20.8. The first-order valence-electron chi connectivity index (χ1n) is 11.7. The van der Waals surface area contributed by atoms with Crippen molar-refractivity contribution in [2.24, 2.45) is 4.99 Å². The van der Waals surface area contributed by atoms with E-state index < -0.39 is 6.04 Å². The standard InChI is InChI=1S/C24H31N3O4S2/c1-3-20(33-24-25-13-14-32-24)23(30)26(16-7-5-4-6-8-16)19-15-21(28)27(22(19)29)17-9-11-18(31-2)12-10-17/h9-12,16,19-20H,3-8,13-15H2,1-2H3. The van der Waals surface area contributed by atoms with Gasteiger partial charge in [0.15, 0.2) is 0 Å². The summed E-state index contributed by atoms with van der Waals surface area (Å²) in [6.45, 7) is 2.79. The van der Waals surface area contributed by atoms with Gasteiger partial charge in [-0.2, -0.15) is 0 Å². The van der Waals surface area contributed by atoms with Crippen LogP contribution in [0, 0.1) is 0 Å². The number of hydrogen-bond acceptors (Lipinski definition) is 7. The SMILES string of the molecule is CCC(SC1=NCCS1)C(=O)N(C1CCCCC1)C1CC(=O)N(c2ccc(OC)cc2)C1=O. The van der Waals surface area contributed by atoms with Crippen molar-refractivity contribution in [3.05, 3.63) is 24.3 Å². The number of benzene rings is 1. The number of nitrogens with zero attached hydrogens (tertiary/aromatic N) is 3. The van der Waals surface area contributed by atoms with Crippen LogP contribution in [-0.4, -0.2) is 63.7 Å². The van der Waals surface area contributed by atoms with Crippen molar-refractivity contribution < 1.29 is 19.1 Å². The van der Waals surface area contributed by atoms with Crippen LogP contribution in [0.15, 0.2) is 29.3 Å². The maximum absolute atomic E-state index is 13.9. The summed E-state index contributed by atoms with van der Waals surface area (Å²) in [6.07, 6.45) is 5.67. The van der Waals surface area contributed by atoms with E-state index in [0.29, 0.717) is 17.9 Å². The highest BCUT2D eigenvalue weighted by Gasteiger charge is 2.47. The van der Waals surface area contributed by atoms with Crippen LogP contribution >= 0.6 is 23.5 Å². The summed E-state index contributed by atoms with van der Waals surface area (Å²) in [7, 11) is 1.57. The van der Waals surface area contributed by atoms with Gasteiger partial charge in [0.2, 0.25) is 11.8 Å². The van der Waals surface area contributed by atoms with Crippen molar-refractivity contribution in [2.45, 2.75) is 69.2 Å². The summed E-state index contributed by atoms with van der Waals surface area (Å²) in [5.74, 6) is 0.999. The van der Waals surface area contributed by atoms with Crippen molar-refractivity contribution in [2.75, 3.05) is 24.3 Å². The zero-order valence-electron chi connectivity index (χ0n) is 19.2. The molecule has 7 nitrogen and oxygen atoms in total. The lowest BCUT2D eigenvalue weighted by Gasteiger charge is -2.39. The Morgan fingerprint density at radius 3 is 2.58 bits per heavy atom. The summed E-state index contributed by atoms with van der Waals surface area (Å²) in [6, 6.07) is 6.14. The molecule has 3 amide bonds. The van der Waals surface area contributed by atoms with Gasteiger partial charge in [0, 0.05) is 11.8 Å². The van der Waals surface area contributed by atoms with Gasteiger partial charge in [-0.05, 0) is 43.5 Å². The van der Waals surface area contributed by atoms with Gasteiger partial charge in [-0.3, -0.25) is 19.4 Å². The zero-order chi connectivity index (χ0) is 23.4. The number of rotatable bonds is 7. The van der Waals surface area contributed by atoms with Crippen LogP contribution in [0.2, 0.25) is 0 Å². The van der Waals surface area contributed by atoms with Crippen molar-refractivity contribution in [3.63, 3.8) is 0 Å². The van der Waals surface area contributed by atoms with Crippen molar-refractivity contribution >= 4 is 51.3 Å². The smallest absolute Gasteiger partial charge is 0.257 e. The van der Waals surface area contributed by atoms with Gasteiger partial charge in [0.25, 0.3) is 5.91 Å². The maximum atomic E-state index is 13.9. The van der Waals surface area contributed by atoms with E-state index in [4.69, 9.17) is 4.74 Å². The predicted molar refractivity (Wildman–Crippen MR) is 134 cm³/mol. The van der Waals surface area contributed by atoms with Crippen LogP contribution in [-0.2, 0) is 14.4 Å². The summed E-state index contributed by atoms with van der Waals surface area (Å²) in [5.41, 5.74) is 0.516. The lowest BCUT2D eigenvalue weighted by Crippen LogP contribution is -2.54. The number of imide groups is 1. The second-order valence-corrected chi connectivity index (χ2v) is 11.1. The highest BCUT2D eigenvalue weighted by atomic mass is 32.2. The van der Waals surface area contributed by atoms with Crippen molar-refractivity contribution in [3.8, 4) is 5.75 Å².